The number of rotatable bonds is 2. The molecule has 0 amide bonds. The molecule has 0 bridgehead atoms. The van der Waals surface area contributed by atoms with Crippen molar-refractivity contribution in [1.29, 1.82) is 0 Å². The van der Waals surface area contributed by atoms with Gasteiger partial charge in [0.05, 0.1) is 5.70 Å². The van der Waals surface area contributed by atoms with Gasteiger partial charge in [-0.05, 0) is 30.2 Å². The first kappa shape index (κ1) is 11.7. The minimum Gasteiger partial charge on any atom is -0.477 e. The van der Waals surface area contributed by atoms with E-state index < -0.39 is 12.1 Å². The van der Waals surface area contributed by atoms with Gasteiger partial charge in [-0.2, -0.15) is 0 Å². The second kappa shape index (κ2) is 4.10. The molecule has 1 atom stereocenters. The first-order valence-electron chi connectivity index (χ1n) is 6.00. The number of aromatic nitrogens is 1. The van der Waals surface area contributed by atoms with Crippen LogP contribution in [0.3, 0.4) is 0 Å². The fourth-order valence-electron chi connectivity index (χ4n) is 2.53. The lowest BCUT2D eigenvalue weighted by Crippen LogP contribution is -2.08. The van der Waals surface area contributed by atoms with Crippen LogP contribution in [0.1, 0.15) is 33.3 Å². The summed E-state index contributed by atoms with van der Waals surface area (Å²) in [6.45, 7) is 1.76. The predicted molar refractivity (Wildman–Crippen MR) is 70.9 cm³/mol. The summed E-state index contributed by atoms with van der Waals surface area (Å²) in [6, 6.07) is 9.23. The van der Waals surface area contributed by atoms with E-state index in [1.54, 1.807) is 29.8 Å². The molecule has 1 aromatic heterocycles. The molecule has 0 aliphatic heterocycles. The number of nitrogens with zero attached hydrogens (tertiary/aromatic N) is 1. The van der Waals surface area contributed by atoms with Crippen LogP contribution in [0.15, 0.2) is 42.6 Å². The van der Waals surface area contributed by atoms with Crippen LogP contribution in [0.2, 0.25) is 0 Å². The lowest BCUT2D eigenvalue weighted by Gasteiger charge is -2.10. The van der Waals surface area contributed by atoms with E-state index in [1.807, 2.05) is 24.3 Å². The van der Waals surface area contributed by atoms with Crippen molar-refractivity contribution in [3.05, 3.63) is 65.0 Å². The molecule has 1 aromatic carbocycles. The van der Waals surface area contributed by atoms with E-state index in [-0.39, 0.29) is 5.69 Å². The van der Waals surface area contributed by atoms with Crippen molar-refractivity contribution in [2.45, 2.75) is 13.0 Å². The predicted octanol–water partition coefficient (Wildman–Crippen LogP) is 2.43. The van der Waals surface area contributed by atoms with Crippen LogP contribution >= 0.6 is 0 Å². The smallest absolute Gasteiger partial charge is 0.353 e. The molecule has 2 aromatic rings. The van der Waals surface area contributed by atoms with Crippen LogP contribution in [0.5, 0.6) is 0 Å². The highest BCUT2D eigenvalue weighted by molar-refractivity contribution is 5.91. The van der Waals surface area contributed by atoms with Crippen molar-refractivity contribution in [1.82, 2.24) is 4.57 Å². The van der Waals surface area contributed by atoms with Crippen molar-refractivity contribution in [2.24, 2.45) is 0 Å². The van der Waals surface area contributed by atoms with Crippen molar-refractivity contribution in [2.75, 3.05) is 0 Å². The van der Waals surface area contributed by atoms with E-state index in [0.29, 0.717) is 11.3 Å². The Morgan fingerprint density at radius 2 is 2.00 bits per heavy atom. The van der Waals surface area contributed by atoms with Crippen LogP contribution in [0.25, 0.3) is 5.70 Å². The molecule has 4 heteroatoms. The molecule has 0 radical (unpaired) electrons. The number of benzene rings is 1. The summed E-state index contributed by atoms with van der Waals surface area (Å²) in [5, 5.41) is 19.3. The standard InChI is InChI=1S/C15H13NO3/c1-9-6-7-16(14(9)15(18)19)12-8-13(17)11-5-3-2-4-10(11)12/h2-8,13,17H,1H3,(H,18,19). The molecule has 3 rings (SSSR count). The van der Waals surface area contributed by atoms with Gasteiger partial charge < -0.3 is 14.8 Å². The summed E-state index contributed by atoms with van der Waals surface area (Å²) in [7, 11) is 0. The molecule has 4 nitrogen and oxygen atoms in total. The molecule has 0 fully saturated rings. The van der Waals surface area contributed by atoms with Crippen LogP contribution in [0, 0.1) is 6.92 Å². The largest absolute Gasteiger partial charge is 0.477 e. The lowest BCUT2D eigenvalue weighted by atomic mass is 10.1. The zero-order chi connectivity index (χ0) is 13.6. The Morgan fingerprint density at radius 3 is 2.74 bits per heavy atom. The minimum absolute atomic E-state index is 0.232. The number of aliphatic hydroxyl groups is 1. The highest BCUT2D eigenvalue weighted by Crippen LogP contribution is 2.36. The molecular formula is C15H13NO3. The molecule has 96 valence electrons. The van der Waals surface area contributed by atoms with Gasteiger partial charge in [-0.25, -0.2) is 4.79 Å². The summed E-state index contributed by atoms with van der Waals surface area (Å²) in [5.74, 6) is -0.970. The van der Waals surface area contributed by atoms with Gasteiger partial charge in [-0.3, -0.25) is 0 Å². The van der Waals surface area contributed by atoms with E-state index in [4.69, 9.17) is 0 Å². The van der Waals surface area contributed by atoms with Gasteiger partial charge in [0.15, 0.2) is 0 Å². The van der Waals surface area contributed by atoms with Crippen LogP contribution in [-0.2, 0) is 0 Å². The average Bonchev–Trinajstić information content (AvgIpc) is 2.91. The topological polar surface area (TPSA) is 62.5 Å². The molecule has 2 N–H and O–H groups in total. The van der Waals surface area contributed by atoms with E-state index in [1.165, 1.54) is 0 Å². The number of aromatic carboxylic acids is 1. The van der Waals surface area contributed by atoms with Gasteiger partial charge in [-0.1, -0.05) is 24.3 Å². The quantitative estimate of drug-likeness (QED) is 0.866. The van der Waals surface area contributed by atoms with Gasteiger partial charge >= 0.3 is 5.97 Å². The maximum Gasteiger partial charge on any atom is 0.353 e. The molecule has 0 saturated heterocycles. The van der Waals surface area contributed by atoms with Crippen molar-refractivity contribution in [3.63, 3.8) is 0 Å². The fourth-order valence-corrected chi connectivity index (χ4v) is 2.53. The second-order valence-corrected chi connectivity index (χ2v) is 4.61. The molecule has 0 spiro atoms. The summed E-state index contributed by atoms with van der Waals surface area (Å²) < 4.78 is 1.62. The van der Waals surface area contributed by atoms with Gasteiger partial charge in [0, 0.05) is 11.8 Å². The number of carboxylic acid groups (broad SMARTS) is 1. The lowest BCUT2D eigenvalue weighted by molar-refractivity contribution is 0.0687. The van der Waals surface area contributed by atoms with E-state index in [0.717, 1.165) is 11.1 Å². The number of carboxylic acids is 1. The summed E-state index contributed by atoms with van der Waals surface area (Å²) in [5.41, 5.74) is 3.32. The third-order valence-electron chi connectivity index (χ3n) is 3.42. The Hall–Kier alpha value is -2.33. The van der Waals surface area contributed by atoms with E-state index in [9.17, 15) is 15.0 Å². The highest BCUT2D eigenvalue weighted by atomic mass is 16.4. The average molecular weight is 255 g/mol. The maximum atomic E-state index is 11.3. The number of aliphatic hydroxyl groups excluding tert-OH is 1. The normalized spacial score (nSPS) is 17.2. The minimum atomic E-state index is -0.970. The van der Waals surface area contributed by atoms with Crippen molar-refractivity contribution >= 4 is 11.7 Å². The maximum absolute atomic E-state index is 11.3. The molecule has 1 unspecified atom stereocenters. The van der Waals surface area contributed by atoms with Gasteiger partial charge in [0.25, 0.3) is 0 Å². The molecule has 1 aliphatic rings. The fraction of sp³-hybridized carbons (Fsp3) is 0.133. The highest BCUT2D eigenvalue weighted by Gasteiger charge is 2.25. The summed E-state index contributed by atoms with van der Waals surface area (Å²) >= 11 is 0. The number of aryl methyl sites for hydroxylation is 1. The first-order chi connectivity index (χ1) is 9.09. The second-order valence-electron chi connectivity index (χ2n) is 4.61. The Kier molecular flexibility index (Phi) is 2.54. The van der Waals surface area contributed by atoms with Gasteiger partial charge in [0.1, 0.15) is 11.8 Å². The molecule has 0 saturated carbocycles. The monoisotopic (exact) mass is 255 g/mol. The Balaban J connectivity index is 2.20. The zero-order valence-corrected chi connectivity index (χ0v) is 10.4. The first-order valence-corrected chi connectivity index (χ1v) is 6.00. The number of hydrogen-bond donors (Lipinski definition) is 2. The Labute approximate surface area is 110 Å². The number of hydrogen-bond acceptors (Lipinski definition) is 2. The van der Waals surface area contributed by atoms with Gasteiger partial charge in [0.2, 0.25) is 0 Å². The third kappa shape index (κ3) is 1.69. The Bertz CT molecular complexity index is 697. The molecule has 1 aliphatic carbocycles. The molecular weight excluding hydrogens is 242 g/mol. The van der Waals surface area contributed by atoms with Gasteiger partial charge in [-0.15, -0.1) is 0 Å². The summed E-state index contributed by atoms with van der Waals surface area (Å²) in [4.78, 5) is 11.3. The van der Waals surface area contributed by atoms with Crippen LogP contribution < -0.4 is 0 Å². The Morgan fingerprint density at radius 1 is 1.26 bits per heavy atom. The van der Waals surface area contributed by atoms with Crippen LogP contribution in [0.4, 0.5) is 0 Å². The van der Waals surface area contributed by atoms with Crippen molar-refractivity contribution < 1.29 is 15.0 Å². The zero-order valence-electron chi connectivity index (χ0n) is 10.4. The third-order valence-corrected chi connectivity index (χ3v) is 3.42. The SMILES string of the molecule is Cc1ccn(C2=CC(O)c3ccccc32)c1C(=O)O. The molecule has 1 heterocycles. The molecule has 19 heavy (non-hydrogen) atoms. The van der Waals surface area contributed by atoms with E-state index in [2.05, 4.69) is 0 Å². The van der Waals surface area contributed by atoms with Crippen molar-refractivity contribution in [3.8, 4) is 0 Å². The van der Waals surface area contributed by atoms with E-state index >= 15 is 0 Å². The number of carbonyl (C=O) groups is 1. The van der Waals surface area contributed by atoms with Crippen LogP contribution in [-0.4, -0.2) is 20.7 Å². The number of fused-ring (bicyclic) bond motifs is 1. The summed E-state index contributed by atoms with van der Waals surface area (Å²) in [6.07, 6.45) is 2.71.